The number of hydrogen-bond donors (Lipinski definition) is 1. The molecule has 0 aliphatic carbocycles. The van der Waals surface area contributed by atoms with Gasteiger partial charge in [0.25, 0.3) is 5.91 Å². The molecule has 22 heavy (non-hydrogen) atoms. The van der Waals surface area contributed by atoms with Crippen molar-refractivity contribution in [1.29, 1.82) is 0 Å². The Kier molecular flexibility index (Phi) is 3.93. The van der Waals surface area contributed by atoms with E-state index in [1.807, 2.05) is 30.8 Å². The molecule has 0 fully saturated rings. The molecule has 7 nitrogen and oxygen atoms in total. The number of aryl methyl sites for hydroxylation is 1. The maximum Gasteiger partial charge on any atom is 0.272 e. The maximum atomic E-state index is 12.3. The number of nitrogens with one attached hydrogen (secondary N) is 1. The number of carbonyl (C=O) groups excluding carboxylic acids is 1. The first kappa shape index (κ1) is 14.7. The highest BCUT2D eigenvalue weighted by atomic mass is 79.9. The van der Waals surface area contributed by atoms with Gasteiger partial charge in [-0.2, -0.15) is 10.2 Å². The number of rotatable bonds is 4. The lowest BCUT2D eigenvalue weighted by Gasteiger charge is -2.10. The van der Waals surface area contributed by atoms with Crippen molar-refractivity contribution in [3.8, 4) is 0 Å². The standard InChI is InChI=1S/C14H15BrN6O/c1-3-20-5-4-11(18-20)9(2)17-14(22)12-6-13-16-7-10(15)8-21(13)19-12/h4-9H,3H2,1-2H3,(H,17,22). The highest BCUT2D eigenvalue weighted by Crippen LogP contribution is 2.13. The second-order valence-corrected chi connectivity index (χ2v) is 5.81. The third-order valence-corrected chi connectivity index (χ3v) is 3.70. The fraction of sp³-hybridized carbons (Fsp3) is 0.286. The van der Waals surface area contributed by atoms with Crippen molar-refractivity contribution in [2.45, 2.75) is 26.4 Å². The highest BCUT2D eigenvalue weighted by molar-refractivity contribution is 9.10. The number of amides is 1. The molecule has 8 heteroatoms. The van der Waals surface area contributed by atoms with Crippen LogP contribution >= 0.6 is 15.9 Å². The van der Waals surface area contributed by atoms with E-state index >= 15 is 0 Å². The molecule has 3 aromatic heterocycles. The van der Waals surface area contributed by atoms with Gasteiger partial charge < -0.3 is 5.32 Å². The summed E-state index contributed by atoms with van der Waals surface area (Å²) in [6.07, 6.45) is 5.31. The monoisotopic (exact) mass is 362 g/mol. The Morgan fingerprint density at radius 2 is 2.27 bits per heavy atom. The summed E-state index contributed by atoms with van der Waals surface area (Å²) in [6.45, 7) is 4.71. The van der Waals surface area contributed by atoms with Crippen molar-refractivity contribution in [3.63, 3.8) is 0 Å². The van der Waals surface area contributed by atoms with Crippen molar-refractivity contribution in [3.05, 3.63) is 46.6 Å². The summed E-state index contributed by atoms with van der Waals surface area (Å²) < 4.78 is 4.19. The van der Waals surface area contributed by atoms with E-state index in [0.717, 1.165) is 16.7 Å². The van der Waals surface area contributed by atoms with Crippen LogP contribution in [-0.4, -0.2) is 30.3 Å². The van der Waals surface area contributed by atoms with Crippen LogP contribution in [0.25, 0.3) is 5.65 Å². The Morgan fingerprint density at radius 3 is 3.00 bits per heavy atom. The van der Waals surface area contributed by atoms with Crippen LogP contribution in [0, 0.1) is 0 Å². The van der Waals surface area contributed by atoms with Crippen LogP contribution in [0.1, 0.15) is 36.1 Å². The molecule has 3 rings (SSSR count). The van der Waals surface area contributed by atoms with Gasteiger partial charge in [-0.05, 0) is 35.8 Å². The quantitative estimate of drug-likeness (QED) is 0.771. The minimum atomic E-state index is -0.250. The number of nitrogens with zero attached hydrogens (tertiary/aromatic N) is 5. The third kappa shape index (κ3) is 2.87. The normalized spacial score (nSPS) is 12.5. The minimum absolute atomic E-state index is 0.190. The summed E-state index contributed by atoms with van der Waals surface area (Å²) in [7, 11) is 0. The van der Waals surface area contributed by atoms with Gasteiger partial charge >= 0.3 is 0 Å². The molecule has 1 atom stereocenters. The van der Waals surface area contributed by atoms with Gasteiger partial charge in [-0.1, -0.05) is 0 Å². The first-order valence-corrected chi connectivity index (χ1v) is 7.71. The van der Waals surface area contributed by atoms with E-state index < -0.39 is 0 Å². The SMILES string of the molecule is CCn1ccc(C(C)NC(=O)c2cc3ncc(Br)cn3n2)n1. The first-order valence-electron chi connectivity index (χ1n) is 6.92. The van der Waals surface area contributed by atoms with Crippen LogP contribution in [-0.2, 0) is 6.54 Å². The summed E-state index contributed by atoms with van der Waals surface area (Å²) in [5, 5.41) is 11.5. The molecule has 0 aliphatic heterocycles. The summed E-state index contributed by atoms with van der Waals surface area (Å²) in [4.78, 5) is 16.5. The number of carbonyl (C=O) groups is 1. The number of fused-ring (bicyclic) bond motifs is 1. The van der Waals surface area contributed by atoms with Gasteiger partial charge in [0, 0.05) is 31.2 Å². The van der Waals surface area contributed by atoms with Crippen molar-refractivity contribution < 1.29 is 4.79 Å². The number of aromatic nitrogens is 5. The van der Waals surface area contributed by atoms with E-state index in [0.29, 0.717) is 11.3 Å². The van der Waals surface area contributed by atoms with Crippen LogP contribution in [0.5, 0.6) is 0 Å². The Hall–Kier alpha value is -2.22. The summed E-state index contributed by atoms with van der Waals surface area (Å²) in [5.74, 6) is -0.250. The molecular formula is C14H15BrN6O. The minimum Gasteiger partial charge on any atom is -0.342 e. The lowest BCUT2D eigenvalue weighted by molar-refractivity contribution is 0.0933. The molecule has 0 bridgehead atoms. The molecule has 1 unspecified atom stereocenters. The second-order valence-electron chi connectivity index (χ2n) is 4.90. The van der Waals surface area contributed by atoms with Crippen molar-refractivity contribution in [2.24, 2.45) is 0 Å². The molecule has 0 saturated carbocycles. The van der Waals surface area contributed by atoms with E-state index in [9.17, 15) is 4.79 Å². The van der Waals surface area contributed by atoms with Gasteiger partial charge in [0.2, 0.25) is 0 Å². The molecule has 3 aromatic rings. The predicted molar refractivity (Wildman–Crippen MR) is 84.5 cm³/mol. The van der Waals surface area contributed by atoms with Crippen LogP contribution in [0.2, 0.25) is 0 Å². The van der Waals surface area contributed by atoms with Crippen molar-refractivity contribution in [1.82, 2.24) is 29.7 Å². The zero-order chi connectivity index (χ0) is 15.7. The lowest BCUT2D eigenvalue weighted by Crippen LogP contribution is -2.27. The molecule has 1 N–H and O–H groups in total. The molecular weight excluding hydrogens is 348 g/mol. The largest absolute Gasteiger partial charge is 0.342 e. The number of halogens is 1. The van der Waals surface area contributed by atoms with Gasteiger partial charge in [0.15, 0.2) is 11.3 Å². The lowest BCUT2D eigenvalue weighted by atomic mass is 10.2. The second kappa shape index (κ2) is 5.88. The first-order chi connectivity index (χ1) is 10.6. The van der Waals surface area contributed by atoms with E-state index in [1.165, 1.54) is 0 Å². The van der Waals surface area contributed by atoms with E-state index in [4.69, 9.17) is 0 Å². The molecule has 0 saturated heterocycles. The summed E-state index contributed by atoms with van der Waals surface area (Å²) in [5.41, 5.74) is 1.77. The predicted octanol–water partition coefficient (Wildman–Crippen LogP) is 2.20. The average Bonchev–Trinajstić information content (AvgIpc) is 3.13. The molecule has 114 valence electrons. The molecule has 3 heterocycles. The van der Waals surface area contributed by atoms with Crippen molar-refractivity contribution >= 4 is 27.5 Å². The summed E-state index contributed by atoms with van der Waals surface area (Å²) in [6, 6.07) is 3.36. The van der Waals surface area contributed by atoms with Gasteiger partial charge in [-0.25, -0.2) is 9.50 Å². The van der Waals surface area contributed by atoms with Crippen LogP contribution < -0.4 is 5.32 Å². The Bertz CT molecular complexity index is 824. The summed E-state index contributed by atoms with van der Waals surface area (Å²) >= 11 is 3.32. The van der Waals surface area contributed by atoms with Crippen LogP contribution in [0.3, 0.4) is 0 Å². The van der Waals surface area contributed by atoms with Crippen molar-refractivity contribution in [2.75, 3.05) is 0 Å². The molecule has 0 radical (unpaired) electrons. The van der Waals surface area contributed by atoms with Gasteiger partial charge in [-0.3, -0.25) is 9.48 Å². The Balaban J connectivity index is 1.77. The highest BCUT2D eigenvalue weighted by Gasteiger charge is 2.16. The van der Waals surface area contributed by atoms with Gasteiger partial charge in [0.1, 0.15) is 0 Å². The van der Waals surface area contributed by atoms with E-state index in [-0.39, 0.29) is 11.9 Å². The van der Waals surface area contributed by atoms with Crippen LogP contribution in [0.15, 0.2) is 35.2 Å². The fourth-order valence-corrected chi connectivity index (χ4v) is 2.39. The molecule has 0 spiro atoms. The maximum absolute atomic E-state index is 12.3. The fourth-order valence-electron chi connectivity index (χ4n) is 2.09. The molecule has 1 amide bonds. The zero-order valence-corrected chi connectivity index (χ0v) is 13.8. The number of hydrogen-bond acceptors (Lipinski definition) is 4. The van der Waals surface area contributed by atoms with E-state index in [2.05, 4.69) is 36.4 Å². The molecule has 0 aliphatic rings. The third-order valence-electron chi connectivity index (χ3n) is 3.29. The van der Waals surface area contributed by atoms with Gasteiger partial charge in [0.05, 0.1) is 16.2 Å². The Morgan fingerprint density at radius 1 is 1.45 bits per heavy atom. The molecule has 0 aromatic carbocycles. The van der Waals surface area contributed by atoms with Gasteiger partial charge in [-0.15, -0.1) is 0 Å². The average molecular weight is 363 g/mol. The smallest absolute Gasteiger partial charge is 0.272 e. The Labute approximate surface area is 135 Å². The van der Waals surface area contributed by atoms with E-state index in [1.54, 1.807) is 23.0 Å². The topological polar surface area (TPSA) is 77.1 Å². The zero-order valence-electron chi connectivity index (χ0n) is 12.2. The van der Waals surface area contributed by atoms with Crippen LogP contribution in [0.4, 0.5) is 0 Å².